The molecule has 0 aromatic heterocycles. The highest BCUT2D eigenvalue weighted by Crippen LogP contribution is 2.21. The topological polar surface area (TPSA) is 72.5 Å². The molecule has 0 aliphatic carbocycles. The molecule has 6 heteroatoms. The monoisotopic (exact) mass is 439 g/mol. The minimum absolute atomic E-state index is 0.00930. The molecular formula is C21H30BrNO4. The van der Waals surface area contributed by atoms with Crippen LogP contribution in [-0.2, 0) is 25.5 Å². The lowest BCUT2D eigenvalue weighted by molar-refractivity contribution is -0.154. The first-order valence-electron chi connectivity index (χ1n) is 9.27. The van der Waals surface area contributed by atoms with Crippen molar-refractivity contribution in [2.24, 2.45) is 11.8 Å². The van der Waals surface area contributed by atoms with Gasteiger partial charge in [0.2, 0.25) is 5.91 Å². The van der Waals surface area contributed by atoms with Crippen molar-refractivity contribution in [1.29, 1.82) is 0 Å². The summed E-state index contributed by atoms with van der Waals surface area (Å²) in [5.74, 6) is -1.17. The number of carbonyl (C=O) groups is 3. The standard InChI is InChI=1S/C21H30BrNO4/c1-6-14(2)18(20(26)23-13-19(25)27-21(3,4)5)12-17(24)11-15-7-9-16(22)10-8-15/h7-10,14,18H,6,11-13H2,1-5H3,(H,23,26)/t14-,18-/m0/s1. The molecular weight excluding hydrogens is 410 g/mol. The van der Waals surface area contributed by atoms with Crippen molar-refractivity contribution in [2.75, 3.05) is 6.54 Å². The van der Waals surface area contributed by atoms with Crippen LogP contribution < -0.4 is 5.32 Å². The first-order chi connectivity index (χ1) is 12.5. The number of hydrogen-bond donors (Lipinski definition) is 1. The van der Waals surface area contributed by atoms with Crippen molar-refractivity contribution in [3.63, 3.8) is 0 Å². The third-order valence-corrected chi connectivity index (χ3v) is 4.79. The minimum Gasteiger partial charge on any atom is -0.459 e. The molecule has 0 heterocycles. The van der Waals surface area contributed by atoms with Crippen molar-refractivity contribution in [2.45, 2.75) is 59.5 Å². The molecule has 150 valence electrons. The molecule has 0 unspecified atom stereocenters. The van der Waals surface area contributed by atoms with Gasteiger partial charge in [0.1, 0.15) is 17.9 Å². The average Bonchev–Trinajstić information content (AvgIpc) is 2.57. The Balaban J connectivity index is 2.65. The summed E-state index contributed by atoms with van der Waals surface area (Å²) in [4.78, 5) is 36.9. The molecule has 0 fully saturated rings. The summed E-state index contributed by atoms with van der Waals surface area (Å²) < 4.78 is 6.16. The van der Waals surface area contributed by atoms with E-state index >= 15 is 0 Å². The van der Waals surface area contributed by atoms with Crippen LogP contribution in [0.5, 0.6) is 0 Å². The van der Waals surface area contributed by atoms with E-state index in [0.29, 0.717) is 6.42 Å². The number of hydrogen-bond acceptors (Lipinski definition) is 4. The van der Waals surface area contributed by atoms with Crippen molar-refractivity contribution >= 4 is 33.6 Å². The van der Waals surface area contributed by atoms with Gasteiger partial charge in [-0.2, -0.15) is 0 Å². The predicted octanol–water partition coefficient (Wildman–Crippen LogP) is 4.07. The zero-order valence-corrected chi connectivity index (χ0v) is 18.4. The van der Waals surface area contributed by atoms with Crippen LogP contribution in [0.4, 0.5) is 0 Å². The van der Waals surface area contributed by atoms with Crippen LogP contribution in [0.25, 0.3) is 0 Å². The molecule has 1 rings (SSSR count). The summed E-state index contributed by atoms with van der Waals surface area (Å²) >= 11 is 3.37. The van der Waals surface area contributed by atoms with Crippen LogP contribution >= 0.6 is 15.9 Å². The van der Waals surface area contributed by atoms with Gasteiger partial charge in [-0.25, -0.2) is 0 Å². The third-order valence-electron chi connectivity index (χ3n) is 4.26. The largest absolute Gasteiger partial charge is 0.459 e. The van der Waals surface area contributed by atoms with E-state index in [-0.39, 0.29) is 30.6 Å². The van der Waals surface area contributed by atoms with Gasteiger partial charge in [-0.3, -0.25) is 14.4 Å². The fraction of sp³-hybridized carbons (Fsp3) is 0.571. The molecule has 0 spiro atoms. The second-order valence-electron chi connectivity index (χ2n) is 7.84. The van der Waals surface area contributed by atoms with E-state index in [1.165, 1.54) is 0 Å². The van der Waals surface area contributed by atoms with Gasteiger partial charge >= 0.3 is 5.97 Å². The molecule has 1 N–H and O–H groups in total. The summed E-state index contributed by atoms with van der Waals surface area (Å²) in [7, 11) is 0. The fourth-order valence-corrected chi connectivity index (χ4v) is 2.92. The number of ketones is 1. The summed E-state index contributed by atoms with van der Waals surface area (Å²) in [6.07, 6.45) is 1.22. The van der Waals surface area contributed by atoms with Gasteiger partial charge in [-0.05, 0) is 44.4 Å². The lowest BCUT2D eigenvalue weighted by atomic mass is 9.85. The average molecular weight is 440 g/mol. The van der Waals surface area contributed by atoms with Crippen LogP contribution in [0.15, 0.2) is 28.7 Å². The van der Waals surface area contributed by atoms with Crippen LogP contribution in [0.1, 0.15) is 53.0 Å². The quantitative estimate of drug-likeness (QED) is 0.588. The second kappa shape index (κ2) is 10.6. The first kappa shape index (κ1) is 23.3. The van der Waals surface area contributed by atoms with E-state index in [1.807, 2.05) is 38.1 Å². The molecule has 2 atom stereocenters. The van der Waals surface area contributed by atoms with E-state index < -0.39 is 17.5 Å². The van der Waals surface area contributed by atoms with Gasteiger partial charge in [0.15, 0.2) is 0 Å². The molecule has 1 amide bonds. The number of halogens is 1. The smallest absolute Gasteiger partial charge is 0.325 e. The predicted molar refractivity (Wildman–Crippen MR) is 109 cm³/mol. The van der Waals surface area contributed by atoms with E-state index in [9.17, 15) is 14.4 Å². The van der Waals surface area contributed by atoms with Gasteiger partial charge in [0, 0.05) is 23.2 Å². The number of rotatable bonds is 9. The Morgan fingerprint density at radius 3 is 2.26 bits per heavy atom. The van der Waals surface area contributed by atoms with Gasteiger partial charge < -0.3 is 10.1 Å². The summed E-state index contributed by atoms with van der Waals surface area (Å²) in [6.45, 7) is 9.06. The molecule has 0 bridgehead atoms. The van der Waals surface area contributed by atoms with Crippen molar-refractivity contribution in [3.05, 3.63) is 34.3 Å². The minimum atomic E-state index is -0.599. The Hall–Kier alpha value is -1.69. The van der Waals surface area contributed by atoms with Crippen molar-refractivity contribution < 1.29 is 19.1 Å². The maximum Gasteiger partial charge on any atom is 0.325 e. The Kier molecular flexibility index (Phi) is 9.16. The lowest BCUT2D eigenvalue weighted by Crippen LogP contribution is -2.40. The Morgan fingerprint density at radius 2 is 1.74 bits per heavy atom. The maximum atomic E-state index is 12.6. The van der Waals surface area contributed by atoms with Crippen LogP contribution in [0.3, 0.4) is 0 Å². The molecule has 0 aliphatic heterocycles. The van der Waals surface area contributed by atoms with E-state index in [0.717, 1.165) is 16.5 Å². The van der Waals surface area contributed by atoms with Crippen LogP contribution in [-0.4, -0.2) is 29.8 Å². The number of nitrogens with one attached hydrogen (secondary N) is 1. The Labute approximate surface area is 170 Å². The lowest BCUT2D eigenvalue weighted by Gasteiger charge is -2.23. The van der Waals surface area contributed by atoms with Gasteiger partial charge in [0.05, 0.1) is 0 Å². The maximum absolute atomic E-state index is 12.6. The number of amides is 1. The zero-order chi connectivity index (χ0) is 20.6. The number of ether oxygens (including phenoxy) is 1. The van der Waals surface area contributed by atoms with E-state index in [2.05, 4.69) is 21.2 Å². The molecule has 27 heavy (non-hydrogen) atoms. The highest BCUT2D eigenvalue weighted by Gasteiger charge is 2.27. The molecule has 0 radical (unpaired) electrons. The first-order valence-corrected chi connectivity index (χ1v) is 10.1. The molecule has 0 saturated carbocycles. The number of benzene rings is 1. The van der Waals surface area contributed by atoms with E-state index in [4.69, 9.17) is 4.74 Å². The summed E-state index contributed by atoms with van der Waals surface area (Å²) in [5.41, 5.74) is 0.318. The molecule has 5 nitrogen and oxygen atoms in total. The second-order valence-corrected chi connectivity index (χ2v) is 8.76. The number of carbonyl (C=O) groups excluding carboxylic acids is 3. The summed E-state index contributed by atoms with van der Waals surface area (Å²) in [5, 5.41) is 2.63. The SMILES string of the molecule is CC[C@H](C)[C@H](CC(=O)Cc1ccc(Br)cc1)C(=O)NCC(=O)OC(C)(C)C. The van der Waals surface area contributed by atoms with Crippen LogP contribution in [0.2, 0.25) is 0 Å². The van der Waals surface area contributed by atoms with Crippen LogP contribution in [0, 0.1) is 11.8 Å². The summed E-state index contributed by atoms with van der Waals surface area (Å²) in [6, 6.07) is 7.57. The number of esters is 1. The third kappa shape index (κ3) is 9.18. The zero-order valence-electron chi connectivity index (χ0n) is 16.8. The number of Topliss-reactive ketones (excluding diaryl/α,β-unsaturated/α-hetero) is 1. The highest BCUT2D eigenvalue weighted by molar-refractivity contribution is 9.10. The Morgan fingerprint density at radius 1 is 1.15 bits per heavy atom. The molecule has 1 aromatic rings. The van der Waals surface area contributed by atoms with Gasteiger partial charge in [-0.15, -0.1) is 0 Å². The highest BCUT2D eigenvalue weighted by atomic mass is 79.9. The molecule has 0 aliphatic rings. The normalized spacial score (nSPS) is 13.6. The van der Waals surface area contributed by atoms with E-state index in [1.54, 1.807) is 20.8 Å². The Bertz CT molecular complexity index is 649. The van der Waals surface area contributed by atoms with Crippen molar-refractivity contribution in [1.82, 2.24) is 5.32 Å². The molecule has 0 saturated heterocycles. The van der Waals surface area contributed by atoms with Gasteiger partial charge in [-0.1, -0.05) is 48.3 Å². The van der Waals surface area contributed by atoms with Gasteiger partial charge in [0.25, 0.3) is 0 Å². The van der Waals surface area contributed by atoms with Crippen molar-refractivity contribution in [3.8, 4) is 0 Å². The molecule has 1 aromatic carbocycles. The fourth-order valence-electron chi connectivity index (χ4n) is 2.65.